The molecule has 1 rings (SSSR count). The second-order valence-electron chi connectivity index (χ2n) is 5.26. The van der Waals surface area contributed by atoms with Crippen molar-refractivity contribution in [1.82, 2.24) is 0 Å². The summed E-state index contributed by atoms with van der Waals surface area (Å²) in [5, 5.41) is 21.2. The number of aliphatic hydroxyl groups excluding tert-OH is 1. The molecule has 0 saturated carbocycles. The van der Waals surface area contributed by atoms with Crippen LogP contribution in [0, 0.1) is 16.7 Å². The molecule has 0 atom stereocenters. The smallest absolute Gasteiger partial charge is 0.101 e. The molecule has 0 aliphatic carbocycles. The highest BCUT2D eigenvalue weighted by Crippen LogP contribution is 2.24. The van der Waals surface area contributed by atoms with Gasteiger partial charge in [0.05, 0.1) is 11.3 Å². The average molecular weight is 247 g/mol. The SMILES string of the molecule is CC(C)(CCCO)CNc1ccc(N)cc1C#N. The Morgan fingerprint density at radius 2 is 2.17 bits per heavy atom. The molecule has 0 unspecified atom stereocenters. The van der Waals surface area contributed by atoms with Crippen molar-refractivity contribution in [2.75, 3.05) is 24.2 Å². The Labute approximate surface area is 108 Å². The number of nitrogen functional groups attached to an aromatic ring is 1. The molecule has 4 heteroatoms. The molecular weight excluding hydrogens is 226 g/mol. The van der Waals surface area contributed by atoms with Crippen LogP contribution in [0.2, 0.25) is 0 Å². The lowest BCUT2D eigenvalue weighted by atomic mass is 9.88. The van der Waals surface area contributed by atoms with Crippen LogP contribution in [0.4, 0.5) is 11.4 Å². The fraction of sp³-hybridized carbons (Fsp3) is 0.500. The van der Waals surface area contributed by atoms with Gasteiger partial charge in [-0.2, -0.15) is 5.26 Å². The van der Waals surface area contributed by atoms with Crippen LogP contribution in [0.1, 0.15) is 32.3 Å². The normalized spacial score (nSPS) is 11.0. The summed E-state index contributed by atoms with van der Waals surface area (Å²) in [6, 6.07) is 7.41. The lowest BCUT2D eigenvalue weighted by Crippen LogP contribution is -2.23. The monoisotopic (exact) mass is 247 g/mol. The highest BCUT2D eigenvalue weighted by atomic mass is 16.2. The summed E-state index contributed by atoms with van der Waals surface area (Å²) in [5.41, 5.74) is 7.69. The first-order valence-electron chi connectivity index (χ1n) is 6.13. The van der Waals surface area contributed by atoms with Gasteiger partial charge in [-0.15, -0.1) is 0 Å². The zero-order valence-electron chi connectivity index (χ0n) is 11.0. The zero-order chi connectivity index (χ0) is 13.6. The van der Waals surface area contributed by atoms with Gasteiger partial charge in [0.1, 0.15) is 6.07 Å². The fourth-order valence-corrected chi connectivity index (χ4v) is 1.79. The summed E-state index contributed by atoms with van der Waals surface area (Å²) in [5.74, 6) is 0. The summed E-state index contributed by atoms with van der Waals surface area (Å²) in [7, 11) is 0. The van der Waals surface area contributed by atoms with E-state index in [0.717, 1.165) is 25.1 Å². The van der Waals surface area contributed by atoms with Gasteiger partial charge in [-0.3, -0.25) is 0 Å². The minimum absolute atomic E-state index is 0.0802. The molecule has 18 heavy (non-hydrogen) atoms. The molecule has 0 aromatic heterocycles. The van der Waals surface area contributed by atoms with Crippen molar-refractivity contribution in [3.8, 4) is 6.07 Å². The van der Waals surface area contributed by atoms with Gasteiger partial charge in [0.2, 0.25) is 0 Å². The van der Waals surface area contributed by atoms with Crippen LogP contribution in [-0.4, -0.2) is 18.3 Å². The second kappa shape index (κ2) is 6.27. The molecule has 0 aliphatic rings. The molecule has 98 valence electrons. The predicted molar refractivity (Wildman–Crippen MR) is 74.2 cm³/mol. The number of nitrogens with zero attached hydrogens (tertiary/aromatic N) is 1. The molecular formula is C14H21N3O. The van der Waals surface area contributed by atoms with E-state index in [1.807, 2.05) is 6.07 Å². The van der Waals surface area contributed by atoms with Crippen LogP contribution in [-0.2, 0) is 0 Å². The van der Waals surface area contributed by atoms with Crippen molar-refractivity contribution in [2.45, 2.75) is 26.7 Å². The van der Waals surface area contributed by atoms with Gasteiger partial charge >= 0.3 is 0 Å². The summed E-state index contributed by atoms with van der Waals surface area (Å²) in [6.07, 6.45) is 1.73. The van der Waals surface area contributed by atoms with E-state index in [1.54, 1.807) is 12.1 Å². The van der Waals surface area contributed by atoms with Crippen LogP contribution in [0.3, 0.4) is 0 Å². The minimum atomic E-state index is 0.0802. The van der Waals surface area contributed by atoms with Gasteiger partial charge in [0.25, 0.3) is 0 Å². The second-order valence-corrected chi connectivity index (χ2v) is 5.26. The third kappa shape index (κ3) is 4.27. The number of nitrogens with two attached hydrogens (primary N) is 1. The third-order valence-electron chi connectivity index (χ3n) is 2.93. The van der Waals surface area contributed by atoms with E-state index in [9.17, 15) is 0 Å². The van der Waals surface area contributed by atoms with Crippen molar-refractivity contribution in [2.24, 2.45) is 5.41 Å². The molecule has 0 bridgehead atoms. The number of nitrogens with one attached hydrogen (secondary N) is 1. The lowest BCUT2D eigenvalue weighted by molar-refractivity contribution is 0.248. The number of hydrogen-bond acceptors (Lipinski definition) is 4. The number of nitriles is 1. The molecule has 0 spiro atoms. The predicted octanol–water partition coefficient (Wildman–Crippen LogP) is 2.35. The highest BCUT2D eigenvalue weighted by Gasteiger charge is 2.17. The summed E-state index contributed by atoms with van der Waals surface area (Å²) >= 11 is 0. The first-order valence-corrected chi connectivity index (χ1v) is 6.13. The van der Waals surface area contributed by atoms with Crippen molar-refractivity contribution < 1.29 is 5.11 Å². The molecule has 0 amide bonds. The molecule has 0 saturated heterocycles. The van der Waals surface area contributed by atoms with Crippen molar-refractivity contribution >= 4 is 11.4 Å². The van der Waals surface area contributed by atoms with Gasteiger partial charge in [0, 0.05) is 18.8 Å². The molecule has 0 fully saturated rings. The van der Waals surface area contributed by atoms with Crippen LogP contribution in [0.15, 0.2) is 18.2 Å². The molecule has 0 heterocycles. The van der Waals surface area contributed by atoms with Crippen LogP contribution in [0.25, 0.3) is 0 Å². The molecule has 1 aromatic rings. The first kappa shape index (κ1) is 14.3. The molecule has 1 aromatic carbocycles. The maximum Gasteiger partial charge on any atom is 0.101 e. The van der Waals surface area contributed by atoms with E-state index in [-0.39, 0.29) is 12.0 Å². The Morgan fingerprint density at radius 3 is 2.78 bits per heavy atom. The van der Waals surface area contributed by atoms with Gasteiger partial charge in [-0.1, -0.05) is 13.8 Å². The number of rotatable bonds is 6. The zero-order valence-corrected chi connectivity index (χ0v) is 11.0. The Bertz CT molecular complexity index is 435. The fourth-order valence-electron chi connectivity index (χ4n) is 1.79. The Hall–Kier alpha value is -1.73. The Morgan fingerprint density at radius 1 is 1.44 bits per heavy atom. The minimum Gasteiger partial charge on any atom is -0.399 e. The van der Waals surface area contributed by atoms with Gasteiger partial charge < -0.3 is 16.2 Å². The van der Waals surface area contributed by atoms with E-state index < -0.39 is 0 Å². The average Bonchev–Trinajstić information content (AvgIpc) is 2.35. The van der Waals surface area contributed by atoms with Crippen molar-refractivity contribution in [3.63, 3.8) is 0 Å². The largest absolute Gasteiger partial charge is 0.399 e. The van der Waals surface area contributed by atoms with E-state index in [2.05, 4.69) is 25.2 Å². The maximum atomic E-state index is 9.04. The molecule has 4 nitrogen and oxygen atoms in total. The standard InChI is InChI=1S/C14H21N3O/c1-14(2,6-3-7-18)10-17-13-5-4-12(16)8-11(13)9-15/h4-5,8,17-18H,3,6-7,10,16H2,1-2H3. The first-order chi connectivity index (χ1) is 8.48. The van der Waals surface area contributed by atoms with Gasteiger partial charge in [0.15, 0.2) is 0 Å². The van der Waals surface area contributed by atoms with E-state index in [0.29, 0.717) is 11.3 Å². The molecule has 0 aliphatic heterocycles. The lowest BCUT2D eigenvalue weighted by Gasteiger charge is -2.25. The van der Waals surface area contributed by atoms with E-state index >= 15 is 0 Å². The van der Waals surface area contributed by atoms with Gasteiger partial charge in [-0.05, 0) is 36.5 Å². The van der Waals surface area contributed by atoms with Crippen molar-refractivity contribution in [1.29, 1.82) is 5.26 Å². The molecule has 4 N–H and O–H groups in total. The number of hydrogen-bond donors (Lipinski definition) is 3. The van der Waals surface area contributed by atoms with E-state index in [4.69, 9.17) is 16.1 Å². The summed E-state index contributed by atoms with van der Waals surface area (Å²) in [4.78, 5) is 0. The third-order valence-corrected chi connectivity index (χ3v) is 2.93. The number of aliphatic hydroxyl groups is 1. The maximum absolute atomic E-state index is 9.04. The molecule has 0 radical (unpaired) electrons. The number of anilines is 2. The quantitative estimate of drug-likeness (QED) is 0.674. The summed E-state index contributed by atoms with van der Waals surface area (Å²) in [6.45, 7) is 5.25. The van der Waals surface area contributed by atoms with Crippen LogP contribution >= 0.6 is 0 Å². The van der Waals surface area contributed by atoms with Crippen molar-refractivity contribution in [3.05, 3.63) is 23.8 Å². The topological polar surface area (TPSA) is 82.1 Å². The van der Waals surface area contributed by atoms with Gasteiger partial charge in [-0.25, -0.2) is 0 Å². The van der Waals surface area contributed by atoms with Crippen LogP contribution in [0.5, 0.6) is 0 Å². The van der Waals surface area contributed by atoms with Crippen LogP contribution < -0.4 is 11.1 Å². The highest BCUT2D eigenvalue weighted by molar-refractivity contribution is 5.62. The van der Waals surface area contributed by atoms with E-state index in [1.165, 1.54) is 0 Å². The Kier molecular flexibility index (Phi) is 4.99. The number of benzene rings is 1. The Balaban J connectivity index is 2.66. The summed E-state index contributed by atoms with van der Waals surface area (Å²) < 4.78 is 0.